The van der Waals surface area contributed by atoms with Gasteiger partial charge in [0.2, 0.25) is 0 Å². The summed E-state index contributed by atoms with van der Waals surface area (Å²) >= 11 is 5.99. The van der Waals surface area contributed by atoms with Gasteiger partial charge in [0.05, 0.1) is 5.02 Å². The van der Waals surface area contributed by atoms with E-state index in [4.69, 9.17) is 17.3 Å². The van der Waals surface area contributed by atoms with Crippen LogP contribution in [-0.2, 0) is 0 Å². The van der Waals surface area contributed by atoms with Gasteiger partial charge in [0.15, 0.2) is 0 Å². The molecule has 0 radical (unpaired) electrons. The van der Waals surface area contributed by atoms with E-state index >= 15 is 0 Å². The van der Waals surface area contributed by atoms with Crippen molar-refractivity contribution in [3.05, 3.63) is 47.2 Å². The van der Waals surface area contributed by atoms with Crippen LogP contribution in [0.2, 0.25) is 5.02 Å². The molecule has 0 saturated heterocycles. The quantitative estimate of drug-likeness (QED) is 0.844. The third kappa shape index (κ3) is 2.58. The van der Waals surface area contributed by atoms with Gasteiger partial charge in [0.25, 0.3) is 5.91 Å². The predicted molar refractivity (Wildman–Crippen MR) is 76.5 cm³/mol. The molecule has 0 atom stereocenters. The Balaban J connectivity index is 1.82. The SMILES string of the molecule is Nc1ccc(NC(=O)c2cc(Cl)cn2C2CC2)cc1. The fourth-order valence-corrected chi connectivity index (χ4v) is 2.25. The first kappa shape index (κ1) is 12.1. The molecule has 0 aliphatic heterocycles. The minimum atomic E-state index is -0.149. The molecule has 0 spiro atoms. The fourth-order valence-electron chi connectivity index (χ4n) is 2.04. The molecule has 98 valence electrons. The third-order valence-corrected chi connectivity index (χ3v) is 3.36. The summed E-state index contributed by atoms with van der Waals surface area (Å²) in [4.78, 5) is 12.2. The molecule has 1 heterocycles. The number of nitrogen functional groups attached to an aromatic ring is 1. The second-order valence-electron chi connectivity index (χ2n) is 4.76. The summed E-state index contributed by atoms with van der Waals surface area (Å²) in [6, 6.07) is 9.18. The van der Waals surface area contributed by atoms with E-state index in [1.807, 2.05) is 10.8 Å². The number of rotatable bonds is 3. The Kier molecular flexibility index (Phi) is 2.95. The van der Waals surface area contributed by atoms with Crippen molar-refractivity contribution in [2.75, 3.05) is 11.1 Å². The number of carbonyl (C=O) groups is 1. The highest BCUT2D eigenvalue weighted by Gasteiger charge is 2.27. The number of nitrogens with one attached hydrogen (secondary N) is 1. The number of benzene rings is 1. The molecule has 1 saturated carbocycles. The van der Waals surface area contributed by atoms with Crippen LogP contribution in [0, 0.1) is 0 Å². The van der Waals surface area contributed by atoms with Gasteiger partial charge in [-0.25, -0.2) is 0 Å². The minimum absolute atomic E-state index is 0.149. The first-order chi connectivity index (χ1) is 9.13. The number of aromatic nitrogens is 1. The first-order valence-electron chi connectivity index (χ1n) is 6.18. The van der Waals surface area contributed by atoms with E-state index < -0.39 is 0 Å². The molecule has 1 aromatic heterocycles. The molecular formula is C14H14ClN3O. The van der Waals surface area contributed by atoms with E-state index in [0.29, 0.717) is 22.4 Å². The van der Waals surface area contributed by atoms with Crippen molar-refractivity contribution < 1.29 is 4.79 Å². The number of hydrogen-bond donors (Lipinski definition) is 2. The van der Waals surface area contributed by atoms with Gasteiger partial charge in [-0.3, -0.25) is 4.79 Å². The van der Waals surface area contributed by atoms with Crippen LogP contribution in [0.25, 0.3) is 0 Å². The van der Waals surface area contributed by atoms with Crippen LogP contribution in [0.15, 0.2) is 36.5 Å². The zero-order valence-electron chi connectivity index (χ0n) is 10.3. The molecule has 0 bridgehead atoms. The lowest BCUT2D eigenvalue weighted by Gasteiger charge is -2.08. The zero-order chi connectivity index (χ0) is 13.4. The molecule has 5 heteroatoms. The van der Waals surface area contributed by atoms with Crippen LogP contribution >= 0.6 is 11.6 Å². The smallest absolute Gasteiger partial charge is 0.272 e. The van der Waals surface area contributed by atoms with Gasteiger partial charge in [0, 0.05) is 23.6 Å². The van der Waals surface area contributed by atoms with E-state index in [-0.39, 0.29) is 5.91 Å². The number of nitrogens with zero attached hydrogens (tertiary/aromatic N) is 1. The Morgan fingerprint density at radius 3 is 2.63 bits per heavy atom. The Labute approximate surface area is 116 Å². The van der Waals surface area contributed by atoms with Crippen LogP contribution in [0.1, 0.15) is 29.4 Å². The second-order valence-corrected chi connectivity index (χ2v) is 5.19. The minimum Gasteiger partial charge on any atom is -0.399 e. The first-order valence-corrected chi connectivity index (χ1v) is 6.55. The van der Waals surface area contributed by atoms with Crippen LogP contribution in [0.3, 0.4) is 0 Å². The van der Waals surface area contributed by atoms with Crippen LogP contribution < -0.4 is 11.1 Å². The van der Waals surface area contributed by atoms with Crippen LogP contribution in [-0.4, -0.2) is 10.5 Å². The molecule has 1 fully saturated rings. The molecule has 3 N–H and O–H groups in total. The molecule has 19 heavy (non-hydrogen) atoms. The lowest BCUT2D eigenvalue weighted by molar-refractivity contribution is 0.101. The Morgan fingerprint density at radius 2 is 2.00 bits per heavy atom. The monoisotopic (exact) mass is 275 g/mol. The van der Waals surface area contributed by atoms with Crippen molar-refractivity contribution in [2.24, 2.45) is 0 Å². The summed E-state index contributed by atoms with van der Waals surface area (Å²) in [5.74, 6) is -0.149. The van der Waals surface area contributed by atoms with E-state index in [9.17, 15) is 4.79 Å². The maximum absolute atomic E-state index is 12.2. The second kappa shape index (κ2) is 4.63. The van der Waals surface area contributed by atoms with Crippen molar-refractivity contribution in [2.45, 2.75) is 18.9 Å². The number of hydrogen-bond acceptors (Lipinski definition) is 2. The Bertz CT molecular complexity index is 614. The van der Waals surface area contributed by atoms with Crippen molar-refractivity contribution in [3.63, 3.8) is 0 Å². The van der Waals surface area contributed by atoms with Gasteiger partial charge in [-0.05, 0) is 43.2 Å². The number of nitrogens with two attached hydrogens (primary N) is 1. The fraction of sp³-hybridized carbons (Fsp3) is 0.214. The number of halogens is 1. The number of carbonyl (C=O) groups excluding carboxylic acids is 1. The molecule has 1 aliphatic rings. The maximum atomic E-state index is 12.2. The van der Waals surface area contributed by atoms with Crippen LogP contribution in [0.5, 0.6) is 0 Å². The highest BCUT2D eigenvalue weighted by atomic mass is 35.5. The van der Waals surface area contributed by atoms with Gasteiger partial charge in [-0.1, -0.05) is 11.6 Å². The average Bonchev–Trinajstić information content (AvgIpc) is 3.15. The molecule has 2 aromatic rings. The van der Waals surface area contributed by atoms with Crippen molar-refractivity contribution in [1.82, 2.24) is 4.57 Å². The largest absolute Gasteiger partial charge is 0.399 e. The number of amides is 1. The van der Waals surface area contributed by atoms with E-state index in [1.165, 1.54) is 0 Å². The maximum Gasteiger partial charge on any atom is 0.272 e. The normalized spacial score (nSPS) is 14.4. The average molecular weight is 276 g/mol. The summed E-state index contributed by atoms with van der Waals surface area (Å²) in [6.07, 6.45) is 4.03. The third-order valence-electron chi connectivity index (χ3n) is 3.16. The van der Waals surface area contributed by atoms with Gasteiger partial charge in [-0.15, -0.1) is 0 Å². The Hall–Kier alpha value is -1.94. The summed E-state index contributed by atoms with van der Waals surface area (Å²) in [5, 5.41) is 3.44. The van der Waals surface area contributed by atoms with E-state index in [2.05, 4.69) is 5.32 Å². The van der Waals surface area contributed by atoms with Crippen molar-refractivity contribution in [1.29, 1.82) is 0 Å². The van der Waals surface area contributed by atoms with Gasteiger partial charge in [-0.2, -0.15) is 0 Å². The van der Waals surface area contributed by atoms with Crippen LogP contribution in [0.4, 0.5) is 11.4 Å². The summed E-state index contributed by atoms with van der Waals surface area (Å²) in [7, 11) is 0. The molecule has 1 aromatic carbocycles. The van der Waals surface area contributed by atoms with Crippen molar-refractivity contribution >= 4 is 28.9 Å². The molecule has 4 nitrogen and oxygen atoms in total. The molecule has 3 rings (SSSR count). The standard InChI is InChI=1S/C14H14ClN3O/c15-9-7-13(18(8-9)12-5-6-12)14(19)17-11-3-1-10(16)2-4-11/h1-4,7-8,12H,5-6,16H2,(H,17,19). The molecular weight excluding hydrogens is 262 g/mol. The lowest BCUT2D eigenvalue weighted by atomic mass is 10.2. The summed E-state index contributed by atoms with van der Waals surface area (Å²) in [5.41, 5.74) is 7.60. The zero-order valence-corrected chi connectivity index (χ0v) is 11.0. The van der Waals surface area contributed by atoms with Gasteiger partial charge < -0.3 is 15.6 Å². The topological polar surface area (TPSA) is 60.0 Å². The highest BCUT2D eigenvalue weighted by molar-refractivity contribution is 6.31. The Morgan fingerprint density at radius 1 is 1.32 bits per heavy atom. The van der Waals surface area contributed by atoms with Gasteiger partial charge >= 0.3 is 0 Å². The lowest BCUT2D eigenvalue weighted by Crippen LogP contribution is -2.16. The summed E-state index contributed by atoms with van der Waals surface area (Å²) < 4.78 is 1.95. The highest BCUT2D eigenvalue weighted by Crippen LogP contribution is 2.37. The predicted octanol–water partition coefficient (Wildman–Crippen LogP) is 3.31. The molecule has 1 amide bonds. The number of anilines is 2. The molecule has 1 aliphatic carbocycles. The van der Waals surface area contributed by atoms with E-state index in [0.717, 1.165) is 18.5 Å². The van der Waals surface area contributed by atoms with Gasteiger partial charge in [0.1, 0.15) is 5.69 Å². The summed E-state index contributed by atoms with van der Waals surface area (Å²) in [6.45, 7) is 0. The van der Waals surface area contributed by atoms with Crippen molar-refractivity contribution in [3.8, 4) is 0 Å². The van der Waals surface area contributed by atoms with E-state index in [1.54, 1.807) is 30.3 Å². The molecule has 0 unspecified atom stereocenters.